The van der Waals surface area contributed by atoms with Gasteiger partial charge in [0.25, 0.3) is 5.91 Å². The molecule has 0 bridgehead atoms. The lowest BCUT2D eigenvalue weighted by Crippen LogP contribution is -2.13. The van der Waals surface area contributed by atoms with E-state index in [0.29, 0.717) is 10.8 Å². The number of aryl methyl sites for hydroxylation is 1. The quantitative estimate of drug-likeness (QED) is 0.675. The molecule has 3 heterocycles. The van der Waals surface area contributed by atoms with Crippen LogP contribution < -0.4 is 5.32 Å². The van der Waals surface area contributed by atoms with E-state index in [2.05, 4.69) is 41.2 Å². The molecule has 0 saturated carbocycles. The highest BCUT2D eigenvalue weighted by Gasteiger charge is 2.16. The fraction of sp³-hybridized carbons (Fsp3) is 0.368. The van der Waals surface area contributed by atoms with Gasteiger partial charge in [-0.05, 0) is 30.9 Å². The normalized spacial score (nSPS) is 11.1. The lowest BCUT2D eigenvalue weighted by Gasteiger charge is -2.09. The Morgan fingerprint density at radius 3 is 2.73 bits per heavy atom. The van der Waals surface area contributed by atoms with Gasteiger partial charge in [0.2, 0.25) is 0 Å². The Hall–Kier alpha value is -2.54. The van der Waals surface area contributed by atoms with Crippen molar-refractivity contribution in [2.75, 3.05) is 5.32 Å². The molecule has 0 aliphatic rings. The van der Waals surface area contributed by atoms with Crippen molar-refractivity contribution in [1.29, 1.82) is 0 Å². The monoisotopic (exact) mass is 369 g/mol. The first-order chi connectivity index (χ1) is 12.6. The van der Waals surface area contributed by atoms with Gasteiger partial charge in [0.1, 0.15) is 9.88 Å². The maximum atomic E-state index is 12.6. The molecule has 6 nitrogen and oxygen atoms in total. The number of amides is 1. The van der Waals surface area contributed by atoms with Crippen molar-refractivity contribution in [3.05, 3.63) is 47.5 Å². The maximum absolute atomic E-state index is 12.6. The highest BCUT2D eigenvalue weighted by Crippen LogP contribution is 2.26. The SMILES string of the molecule is CCc1c(NC(=O)c2cnc(-c3ccncc3)s2)cnn1CCC(C)C. The third-order valence-corrected chi connectivity index (χ3v) is 5.15. The molecule has 3 aromatic rings. The summed E-state index contributed by atoms with van der Waals surface area (Å²) in [6.07, 6.45) is 8.67. The van der Waals surface area contributed by atoms with Crippen molar-refractivity contribution in [2.24, 2.45) is 5.92 Å². The van der Waals surface area contributed by atoms with E-state index in [1.807, 2.05) is 16.8 Å². The highest BCUT2D eigenvalue weighted by molar-refractivity contribution is 7.17. The molecular formula is C19H23N5OS. The van der Waals surface area contributed by atoms with Crippen molar-refractivity contribution in [3.63, 3.8) is 0 Å². The average Bonchev–Trinajstić information content (AvgIpc) is 3.27. The van der Waals surface area contributed by atoms with E-state index in [-0.39, 0.29) is 5.91 Å². The van der Waals surface area contributed by atoms with Crippen LogP contribution in [0.25, 0.3) is 10.6 Å². The molecule has 0 aromatic carbocycles. The number of hydrogen-bond donors (Lipinski definition) is 1. The van der Waals surface area contributed by atoms with Gasteiger partial charge in [-0.1, -0.05) is 20.8 Å². The van der Waals surface area contributed by atoms with Gasteiger partial charge in [-0.25, -0.2) is 4.98 Å². The first-order valence-electron chi connectivity index (χ1n) is 8.80. The number of aromatic nitrogens is 4. The first-order valence-corrected chi connectivity index (χ1v) is 9.62. The third-order valence-electron chi connectivity index (χ3n) is 4.11. The summed E-state index contributed by atoms with van der Waals surface area (Å²) in [6.45, 7) is 7.33. The average molecular weight is 369 g/mol. The summed E-state index contributed by atoms with van der Waals surface area (Å²) in [6, 6.07) is 3.77. The van der Waals surface area contributed by atoms with Crippen LogP contribution in [0.4, 0.5) is 5.69 Å². The zero-order chi connectivity index (χ0) is 18.5. The summed E-state index contributed by atoms with van der Waals surface area (Å²) in [7, 11) is 0. The first kappa shape index (κ1) is 18.3. The number of thiazole rings is 1. The van der Waals surface area contributed by atoms with Crippen LogP contribution in [0.1, 0.15) is 42.6 Å². The molecule has 0 fully saturated rings. The van der Waals surface area contributed by atoms with Crippen LogP contribution in [0.5, 0.6) is 0 Å². The van der Waals surface area contributed by atoms with E-state index in [1.54, 1.807) is 24.8 Å². The van der Waals surface area contributed by atoms with E-state index in [9.17, 15) is 4.79 Å². The minimum atomic E-state index is -0.152. The molecular weight excluding hydrogens is 346 g/mol. The Bertz CT molecular complexity index is 869. The number of nitrogens with zero attached hydrogens (tertiary/aromatic N) is 4. The number of carbonyl (C=O) groups excluding carboxylic acids is 1. The minimum Gasteiger partial charge on any atom is -0.318 e. The summed E-state index contributed by atoms with van der Waals surface area (Å²) in [4.78, 5) is 21.5. The molecule has 0 spiro atoms. The fourth-order valence-electron chi connectivity index (χ4n) is 2.65. The van der Waals surface area contributed by atoms with E-state index in [0.717, 1.165) is 41.3 Å². The van der Waals surface area contributed by atoms with E-state index < -0.39 is 0 Å². The van der Waals surface area contributed by atoms with Crippen molar-refractivity contribution in [1.82, 2.24) is 19.7 Å². The van der Waals surface area contributed by atoms with Gasteiger partial charge in [0, 0.05) is 24.5 Å². The zero-order valence-corrected chi connectivity index (χ0v) is 16.1. The van der Waals surface area contributed by atoms with E-state index in [1.165, 1.54) is 11.3 Å². The largest absolute Gasteiger partial charge is 0.318 e. The van der Waals surface area contributed by atoms with Gasteiger partial charge in [-0.2, -0.15) is 5.10 Å². The Morgan fingerprint density at radius 1 is 1.27 bits per heavy atom. The summed E-state index contributed by atoms with van der Waals surface area (Å²) in [5.41, 5.74) is 2.79. The predicted molar refractivity (Wildman–Crippen MR) is 104 cm³/mol. The molecule has 3 rings (SSSR count). The second-order valence-electron chi connectivity index (χ2n) is 6.48. The summed E-state index contributed by atoms with van der Waals surface area (Å²) < 4.78 is 1.99. The molecule has 0 saturated heterocycles. The van der Waals surface area contributed by atoms with Gasteiger partial charge < -0.3 is 5.32 Å². The van der Waals surface area contributed by atoms with Crippen molar-refractivity contribution in [3.8, 4) is 10.6 Å². The van der Waals surface area contributed by atoms with Gasteiger partial charge >= 0.3 is 0 Å². The van der Waals surface area contributed by atoms with Gasteiger partial charge in [-0.3, -0.25) is 14.5 Å². The van der Waals surface area contributed by atoms with Crippen LogP contribution in [0, 0.1) is 5.92 Å². The number of carbonyl (C=O) groups is 1. The lowest BCUT2D eigenvalue weighted by molar-refractivity contribution is 0.103. The Kier molecular flexibility index (Phi) is 5.78. The molecule has 0 aliphatic heterocycles. The molecule has 26 heavy (non-hydrogen) atoms. The summed E-state index contributed by atoms with van der Waals surface area (Å²) in [5, 5.41) is 8.23. The summed E-state index contributed by atoms with van der Waals surface area (Å²) in [5.74, 6) is 0.465. The molecule has 0 atom stereocenters. The Labute approximate surface area is 157 Å². The maximum Gasteiger partial charge on any atom is 0.267 e. The zero-order valence-electron chi connectivity index (χ0n) is 15.3. The Balaban J connectivity index is 1.73. The summed E-state index contributed by atoms with van der Waals surface area (Å²) >= 11 is 1.37. The van der Waals surface area contributed by atoms with E-state index >= 15 is 0 Å². The van der Waals surface area contributed by atoms with Crippen molar-refractivity contribution < 1.29 is 4.79 Å². The van der Waals surface area contributed by atoms with Gasteiger partial charge in [0.05, 0.1) is 23.8 Å². The molecule has 0 unspecified atom stereocenters. The Morgan fingerprint density at radius 2 is 2.04 bits per heavy atom. The fourth-order valence-corrected chi connectivity index (χ4v) is 3.47. The molecule has 7 heteroatoms. The predicted octanol–water partition coefficient (Wildman–Crippen LogP) is 4.26. The number of pyridine rings is 1. The minimum absolute atomic E-state index is 0.152. The van der Waals surface area contributed by atoms with Crippen LogP contribution in [-0.2, 0) is 13.0 Å². The van der Waals surface area contributed by atoms with E-state index in [4.69, 9.17) is 0 Å². The topological polar surface area (TPSA) is 72.7 Å². The van der Waals surface area contributed by atoms with Crippen LogP contribution in [0.2, 0.25) is 0 Å². The second-order valence-corrected chi connectivity index (χ2v) is 7.51. The van der Waals surface area contributed by atoms with Gasteiger partial charge in [0.15, 0.2) is 0 Å². The molecule has 0 radical (unpaired) electrons. The number of rotatable bonds is 7. The number of hydrogen-bond acceptors (Lipinski definition) is 5. The van der Waals surface area contributed by atoms with Crippen LogP contribution in [0.3, 0.4) is 0 Å². The third kappa shape index (κ3) is 4.16. The molecule has 136 valence electrons. The highest BCUT2D eigenvalue weighted by atomic mass is 32.1. The van der Waals surface area contributed by atoms with Crippen LogP contribution in [-0.4, -0.2) is 25.7 Å². The molecule has 1 amide bonds. The van der Waals surface area contributed by atoms with Crippen molar-refractivity contribution >= 4 is 22.9 Å². The van der Waals surface area contributed by atoms with Gasteiger partial charge in [-0.15, -0.1) is 11.3 Å². The van der Waals surface area contributed by atoms with Crippen LogP contribution >= 0.6 is 11.3 Å². The lowest BCUT2D eigenvalue weighted by atomic mass is 10.1. The molecule has 1 N–H and O–H groups in total. The van der Waals surface area contributed by atoms with Crippen LogP contribution in [0.15, 0.2) is 36.9 Å². The standard InChI is InChI=1S/C19H23N5OS/c1-4-16-15(11-22-24(16)10-7-13(2)3)23-18(25)17-12-21-19(26-17)14-5-8-20-9-6-14/h5-6,8-9,11-13H,4,7,10H2,1-3H3,(H,23,25). The smallest absolute Gasteiger partial charge is 0.267 e. The number of nitrogens with one attached hydrogen (secondary N) is 1. The molecule has 0 aliphatic carbocycles. The second kappa shape index (κ2) is 8.23. The van der Waals surface area contributed by atoms with Crippen molar-refractivity contribution in [2.45, 2.75) is 40.2 Å². The molecule has 3 aromatic heterocycles. The number of anilines is 1.